The molecule has 9 heteroatoms. The van der Waals surface area contributed by atoms with E-state index >= 15 is 0 Å². The number of nitrogens with one attached hydrogen (secondary N) is 1. The van der Waals surface area contributed by atoms with Crippen LogP contribution >= 0.6 is 22.9 Å². The van der Waals surface area contributed by atoms with Crippen molar-refractivity contribution in [1.29, 1.82) is 0 Å². The van der Waals surface area contributed by atoms with E-state index in [1.54, 1.807) is 35.1 Å². The summed E-state index contributed by atoms with van der Waals surface area (Å²) in [6.45, 7) is 0. The number of carbonyl (C=O) groups is 1. The van der Waals surface area contributed by atoms with Crippen molar-refractivity contribution in [3.8, 4) is 11.5 Å². The number of halogens is 1. The number of amides is 1. The minimum absolute atomic E-state index is 0.267. The quantitative estimate of drug-likeness (QED) is 0.482. The number of nitrogens with zero attached hydrogens (tertiary/aromatic N) is 5. The van der Waals surface area contributed by atoms with Gasteiger partial charge in [0.15, 0.2) is 11.5 Å². The fourth-order valence-corrected chi connectivity index (χ4v) is 3.74. The molecule has 5 heterocycles. The monoisotopic (exact) mass is 406 g/mol. The molecule has 0 radical (unpaired) electrons. The summed E-state index contributed by atoms with van der Waals surface area (Å²) in [6.07, 6.45) is 3.38. The highest BCUT2D eigenvalue weighted by molar-refractivity contribution is 7.16. The molecule has 0 saturated carbocycles. The number of rotatable bonds is 3. The molecule has 0 aromatic carbocycles. The third kappa shape index (κ3) is 2.98. The Hall–Kier alpha value is -3.36. The molecule has 136 valence electrons. The van der Waals surface area contributed by atoms with Gasteiger partial charge in [-0.1, -0.05) is 17.7 Å². The van der Waals surface area contributed by atoms with Crippen molar-refractivity contribution in [2.24, 2.45) is 0 Å². The zero-order valence-corrected chi connectivity index (χ0v) is 15.8. The molecule has 0 saturated heterocycles. The van der Waals surface area contributed by atoms with Crippen LogP contribution in [0.25, 0.3) is 27.3 Å². The molecule has 0 aliphatic rings. The zero-order chi connectivity index (χ0) is 19.1. The number of fused-ring (bicyclic) bond motifs is 2. The highest BCUT2D eigenvalue weighted by atomic mass is 35.5. The van der Waals surface area contributed by atoms with Gasteiger partial charge in [0, 0.05) is 17.4 Å². The van der Waals surface area contributed by atoms with E-state index in [-0.39, 0.29) is 11.6 Å². The number of aromatic nitrogens is 5. The van der Waals surface area contributed by atoms with Crippen LogP contribution in [0.4, 0.5) is 5.82 Å². The van der Waals surface area contributed by atoms with E-state index in [1.807, 2.05) is 29.6 Å². The van der Waals surface area contributed by atoms with Crippen LogP contribution in [0.1, 0.15) is 10.5 Å². The standard InChI is InChI=1S/C19H11ClN6OS/c20-11-4-7-26-12(9-11)10-15(25-26)18(27)23-16-13-5-8-28-19(13)24-17(22-16)14-3-1-2-6-21-14/h1-10H,(H,22,23,24,27). The largest absolute Gasteiger partial charge is 0.304 e. The second-order valence-electron chi connectivity index (χ2n) is 5.95. The molecule has 5 aromatic rings. The van der Waals surface area contributed by atoms with Crippen LogP contribution in [-0.4, -0.2) is 30.5 Å². The number of hydrogen-bond acceptors (Lipinski definition) is 6. The molecule has 5 rings (SSSR count). The first-order chi connectivity index (χ1) is 13.7. The van der Waals surface area contributed by atoms with Crippen LogP contribution in [0.2, 0.25) is 5.02 Å². The Morgan fingerprint density at radius 2 is 2.07 bits per heavy atom. The van der Waals surface area contributed by atoms with Crippen molar-refractivity contribution in [3.05, 3.63) is 71.0 Å². The Morgan fingerprint density at radius 3 is 2.93 bits per heavy atom. The van der Waals surface area contributed by atoms with Gasteiger partial charge in [-0.15, -0.1) is 11.3 Å². The lowest BCUT2D eigenvalue weighted by atomic mass is 10.3. The third-order valence-corrected chi connectivity index (χ3v) is 5.15. The molecular weight excluding hydrogens is 396 g/mol. The van der Waals surface area contributed by atoms with Crippen LogP contribution in [0.5, 0.6) is 0 Å². The second-order valence-corrected chi connectivity index (χ2v) is 7.28. The minimum atomic E-state index is -0.363. The number of thiophene rings is 1. The summed E-state index contributed by atoms with van der Waals surface area (Å²) in [7, 11) is 0. The van der Waals surface area contributed by atoms with Gasteiger partial charge in [-0.25, -0.2) is 14.5 Å². The maximum Gasteiger partial charge on any atom is 0.277 e. The van der Waals surface area contributed by atoms with Crippen molar-refractivity contribution < 1.29 is 4.79 Å². The van der Waals surface area contributed by atoms with Crippen LogP contribution in [-0.2, 0) is 0 Å². The summed E-state index contributed by atoms with van der Waals surface area (Å²) in [6, 6.07) is 12.5. The Kier molecular flexibility index (Phi) is 4.00. The first-order valence-corrected chi connectivity index (χ1v) is 9.56. The lowest BCUT2D eigenvalue weighted by Crippen LogP contribution is -2.14. The van der Waals surface area contributed by atoms with Gasteiger partial charge in [-0.3, -0.25) is 9.78 Å². The highest BCUT2D eigenvalue weighted by Gasteiger charge is 2.16. The van der Waals surface area contributed by atoms with E-state index in [2.05, 4.69) is 25.4 Å². The van der Waals surface area contributed by atoms with Gasteiger partial charge in [0.2, 0.25) is 0 Å². The van der Waals surface area contributed by atoms with Crippen LogP contribution in [0.15, 0.2) is 60.2 Å². The predicted octanol–water partition coefficient (Wildman–Crippen LogP) is 4.31. The SMILES string of the molecule is O=C(Nc1nc(-c2ccccn2)nc2sccc12)c1cc2cc(Cl)ccn2n1. The summed E-state index contributed by atoms with van der Waals surface area (Å²) in [5, 5.41) is 10.4. The molecule has 0 aliphatic heterocycles. The average molecular weight is 407 g/mol. The smallest absolute Gasteiger partial charge is 0.277 e. The molecule has 0 atom stereocenters. The molecule has 0 fully saturated rings. The topological polar surface area (TPSA) is 85.1 Å². The van der Waals surface area contributed by atoms with Crippen LogP contribution in [0.3, 0.4) is 0 Å². The van der Waals surface area contributed by atoms with Crippen molar-refractivity contribution in [3.63, 3.8) is 0 Å². The number of anilines is 1. The van der Waals surface area contributed by atoms with E-state index in [1.165, 1.54) is 11.3 Å². The fourth-order valence-electron chi connectivity index (χ4n) is 2.81. The van der Waals surface area contributed by atoms with E-state index in [9.17, 15) is 4.79 Å². The van der Waals surface area contributed by atoms with E-state index in [0.29, 0.717) is 22.4 Å². The summed E-state index contributed by atoms with van der Waals surface area (Å²) in [4.78, 5) is 26.9. The molecule has 1 N–H and O–H groups in total. The Balaban J connectivity index is 1.54. The van der Waals surface area contributed by atoms with Gasteiger partial charge in [0.25, 0.3) is 5.91 Å². The molecule has 0 bridgehead atoms. The van der Waals surface area contributed by atoms with Crippen molar-refractivity contribution in [1.82, 2.24) is 24.6 Å². The lowest BCUT2D eigenvalue weighted by molar-refractivity contribution is 0.102. The molecule has 0 spiro atoms. The first kappa shape index (κ1) is 16.8. The summed E-state index contributed by atoms with van der Waals surface area (Å²) >= 11 is 7.48. The normalized spacial score (nSPS) is 11.2. The molecule has 1 amide bonds. The van der Waals surface area contributed by atoms with Crippen molar-refractivity contribution >= 4 is 50.4 Å². The molecular formula is C19H11ClN6OS. The van der Waals surface area contributed by atoms with E-state index in [0.717, 1.165) is 15.7 Å². The molecule has 5 aromatic heterocycles. The maximum atomic E-state index is 12.8. The maximum absolute atomic E-state index is 12.8. The molecule has 7 nitrogen and oxygen atoms in total. The van der Waals surface area contributed by atoms with Gasteiger partial charge >= 0.3 is 0 Å². The second kappa shape index (κ2) is 6.66. The Bertz CT molecular complexity index is 1330. The number of pyridine rings is 2. The predicted molar refractivity (Wildman–Crippen MR) is 109 cm³/mol. The minimum Gasteiger partial charge on any atom is -0.304 e. The molecule has 0 unspecified atom stereocenters. The lowest BCUT2D eigenvalue weighted by Gasteiger charge is -2.06. The number of hydrogen-bond donors (Lipinski definition) is 1. The summed E-state index contributed by atoms with van der Waals surface area (Å²) in [5.41, 5.74) is 1.63. The van der Waals surface area contributed by atoms with Crippen molar-refractivity contribution in [2.45, 2.75) is 0 Å². The first-order valence-electron chi connectivity index (χ1n) is 8.30. The van der Waals surface area contributed by atoms with E-state index in [4.69, 9.17) is 11.6 Å². The average Bonchev–Trinajstić information content (AvgIpc) is 3.35. The Morgan fingerprint density at radius 1 is 1.14 bits per heavy atom. The van der Waals surface area contributed by atoms with E-state index < -0.39 is 0 Å². The van der Waals surface area contributed by atoms with Gasteiger partial charge in [-0.2, -0.15) is 5.10 Å². The van der Waals surface area contributed by atoms with Gasteiger partial charge in [0.05, 0.1) is 10.9 Å². The van der Waals surface area contributed by atoms with Gasteiger partial charge in [-0.05, 0) is 41.8 Å². The van der Waals surface area contributed by atoms with Crippen LogP contribution in [0, 0.1) is 0 Å². The summed E-state index contributed by atoms with van der Waals surface area (Å²) in [5.74, 6) is 0.512. The highest BCUT2D eigenvalue weighted by Crippen LogP contribution is 2.28. The fraction of sp³-hybridized carbons (Fsp3) is 0. The third-order valence-electron chi connectivity index (χ3n) is 4.11. The van der Waals surface area contributed by atoms with Gasteiger partial charge < -0.3 is 5.32 Å². The van der Waals surface area contributed by atoms with Gasteiger partial charge in [0.1, 0.15) is 16.3 Å². The molecule has 28 heavy (non-hydrogen) atoms. The van der Waals surface area contributed by atoms with Crippen LogP contribution < -0.4 is 5.32 Å². The molecule has 0 aliphatic carbocycles. The van der Waals surface area contributed by atoms with Crippen molar-refractivity contribution in [2.75, 3.05) is 5.32 Å². The number of carbonyl (C=O) groups excluding carboxylic acids is 1. The zero-order valence-electron chi connectivity index (χ0n) is 14.2. The summed E-state index contributed by atoms with van der Waals surface area (Å²) < 4.78 is 1.60. The Labute approximate surface area is 167 Å².